The smallest absolute Gasteiger partial charge is 0.289 e. The van der Waals surface area contributed by atoms with E-state index in [2.05, 4.69) is 6.92 Å². The molecule has 0 N–H and O–H groups in total. The molecule has 3 nitrogen and oxygen atoms in total. The van der Waals surface area contributed by atoms with Gasteiger partial charge in [0.2, 0.25) is 0 Å². The quantitative estimate of drug-likeness (QED) is 0.779. The monoisotopic (exact) mass is 257 g/mol. The lowest BCUT2D eigenvalue weighted by Crippen LogP contribution is -2.41. The number of benzene rings is 1. The van der Waals surface area contributed by atoms with Crippen LogP contribution >= 0.6 is 0 Å². The Hall–Kier alpha value is -1.77. The highest BCUT2D eigenvalue weighted by molar-refractivity contribution is 5.96. The first-order chi connectivity index (χ1) is 9.15. The number of rotatable bonds is 1. The Morgan fingerprint density at radius 3 is 2.95 bits per heavy atom. The second-order valence-corrected chi connectivity index (χ2v) is 5.50. The lowest BCUT2D eigenvalue weighted by atomic mass is 10.0. The summed E-state index contributed by atoms with van der Waals surface area (Å²) in [6.07, 6.45) is 3.39. The fraction of sp³-hybridized carbons (Fsp3) is 0.438. The molecule has 0 saturated carbocycles. The topological polar surface area (TPSA) is 33.5 Å². The van der Waals surface area contributed by atoms with Crippen molar-refractivity contribution in [2.24, 2.45) is 0 Å². The van der Waals surface area contributed by atoms with E-state index in [1.165, 1.54) is 6.42 Å². The lowest BCUT2D eigenvalue weighted by Gasteiger charge is -2.32. The highest BCUT2D eigenvalue weighted by Gasteiger charge is 2.26. The van der Waals surface area contributed by atoms with Crippen LogP contribution in [0.25, 0.3) is 11.0 Å². The summed E-state index contributed by atoms with van der Waals surface area (Å²) in [5.41, 5.74) is 1.94. The first-order valence-corrected chi connectivity index (χ1v) is 6.96. The number of furan rings is 1. The van der Waals surface area contributed by atoms with Crippen molar-refractivity contribution < 1.29 is 9.21 Å². The van der Waals surface area contributed by atoms with E-state index in [1.807, 2.05) is 36.1 Å². The molecular formula is C16H19NO2. The molecule has 1 atom stereocenters. The van der Waals surface area contributed by atoms with Gasteiger partial charge in [0.25, 0.3) is 5.91 Å². The van der Waals surface area contributed by atoms with E-state index < -0.39 is 0 Å². The van der Waals surface area contributed by atoms with Crippen LogP contribution in [0.5, 0.6) is 0 Å². The fourth-order valence-corrected chi connectivity index (χ4v) is 2.79. The van der Waals surface area contributed by atoms with Gasteiger partial charge in [0, 0.05) is 18.0 Å². The van der Waals surface area contributed by atoms with Crippen LogP contribution in [0.4, 0.5) is 0 Å². The molecule has 2 heterocycles. The number of piperidine rings is 1. The van der Waals surface area contributed by atoms with E-state index in [9.17, 15) is 4.79 Å². The van der Waals surface area contributed by atoms with E-state index in [-0.39, 0.29) is 5.91 Å². The maximum absolute atomic E-state index is 12.5. The molecule has 0 aliphatic carbocycles. The van der Waals surface area contributed by atoms with Crippen LogP contribution in [0, 0.1) is 6.92 Å². The molecule has 0 bridgehead atoms. The zero-order valence-electron chi connectivity index (χ0n) is 11.5. The highest BCUT2D eigenvalue weighted by Crippen LogP contribution is 2.24. The Balaban J connectivity index is 1.92. The van der Waals surface area contributed by atoms with Crippen LogP contribution in [0.2, 0.25) is 0 Å². The summed E-state index contributed by atoms with van der Waals surface area (Å²) >= 11 is 0. The number of fused-ring (bicyclic) bond motifs is 1. The van der Waals surface area contributed by atoms with E-state index in [4.69, 9.17) is 4.42 Å². The Morgan fingerprint density at radius 2 is 2.16 bits per heavy atom. The van der Waals surface area contributed by atoms with Gasteiger partial charge in [-0.2, -0.15) is 0 Å². The summed E-state index contributed by atoms with van der Waals surface area (Å²) in [5.74, 6) is 0.496. The molecule has 1 aromatic carbocycles. The molecule has 1 fully saturated rings. The Bertz CT molecular complexity index is 614. The van der Waals surface area contributed by atoms with Gasteiger partial charge >= 0.3 is 0 Å². The molecule has 3 heteroatoms. The summed E-state index contributed by atoms with van der Waals surface area (Å²) < 4.78 is 5.72. The van der Waals surface area contributed by atoms with Crippen LogP contribution in [0.1, 0.15) is 42.3 Å². The maximum atomic E-state index is 12.5. The summed E-state index contributed by atoms with van der Waals surface area (Å²) in [6.45, 7) is 4.98. The molecule has 19 heavy (non-hydrogen) atoms. The van der Waals surface area contributed by atoms with Gasteiger partial charge in [-0.1, -0.05) is 12.1 Å². The van der Waals surface area contributed by atoms with E-state index in [0.29, 0.717) is 11.8 Å². The molecule has 1 aliphatic rings. The second kappa shape index (κ2) is 4.72. The normalized spacial score (nSPS) is 19.9. The van der Waals surface area contributed by atoms with E-state index in [0.717, 1.165) is 35.9 Å². The molecule has 1 saturated heterocycles. The zero-order valence-corrected chi connectivity index (χ0v) is 11.5. The number of hydrogen-bond acceptors (Lipinski definition) is 2. The van der Waals surface area contributed by atoms with Crippen molar-refractivity contribution in [2.45, 2.75) is 39.2 Å². The summed E-state index contributed by atoms with van der Waals surface area (Å²) in [5, 5.41) is 0.999. The Labute approximate surface area is 113 Å². The Morgan fingerprint density at radius 1 is 1.32 bits per heavy atom. The third-order valence-electron chi connectivity index (χ3n) is 3.95. The number of aryl methyl sites for hydroxylation is 1. The van der Waals surface area contributed by atoms with E-state index in [1.54, 1.807) is 0 Å². The predicted octanol–water partition coefficient (Wildman–Crippen LogP) is 3.76. The molecule has 1 aromatic heterocycles. The SMILES string of the molecule is Cc1ccc2cc(C(=O)N3CCCCC3C)oc2c1. The summed E-state index contributed by atoms with van der Waals surface area (Å²) in [6, 6.07) is 8.20. The molecule has 0 spiro atoms. The third kappa shape index (κ3) is 2.25. The second-order valence-electron chi connectivity index (χ2n) is 5.50. The third-order valence-corrected chi connectivity index (χ3v) is 3.95. The van der Waals surface area contributed by atoms with Gasteiger partial charge in [0.1, 0.15) is 5.58 Å². The minimum Gasteiger partial charge on any atom is -0.451 e. The van der Waals surface area contributed by atoms with Gasteiger partial charge in [-0.15, -0.1) is 0 Å². The van der Waals surface area contributed by atoms with Crippen molar-refractivity contribution in [2.75, 3.05) is 6.54 Å². The van der Waals surface area contributed by atoms with Gasteiger partial charge < -0.3 is 9.32 Å². The predicted molar refractivity (Wildman–Crippen MR) is 75.3 cm³/mol. The van der Waals surface area contributed by atoms with E-state index >= 15 is 0 Å². The van der Waals surface area contributed by atoms with Crippen LogP contribution in [0.3, 0.4) is 0 Å². The average Bonchev–Trinajstić information content (AvgIpc) is 2.81. The lowest BCUT2D eigenvalue weighted by molar-refractivity contribution is 0.0605. The molecular weight excluding hydrogens is 238 g/mol. The van der Waals surface area contributed by atoms with Crippen LogP contribution in [-0.4, -0.2) is 23.4 Å². The number of carbonyl (C=O) groups excluding carboxylic acids is 1. The number of carbonyl (C=O) groups is 1. The first kappa shape index (κ1) is 12.3. The summed E-state index contributed by atoms with van der Waals surface area (Å²) in [4.78, 5) is 14.4. The number of hydrogen-bond donors (Lipinski definition) is 0. The van der Waals surface area contributed by atoms with Gasteiger partial charge in [0.05, 0.1) is 0 Å². The Kier molecular flexibility index (Phi) is 3.05. The minimum absolute atomic E-state index is 0.0288. The van der Waals surface area contributed by atoms with Crippen molar-refractivity contribution in [3.63, 3.8) is 0 Å². The standard InChI is InChI=1S/C16H19NO2/c1-11-6-7-13-10-15(19-14(13)9-11)16(18)17-8-4-3-5-12(17)2/h6-7,9-10,12H,3-5,8H2,1-2H3. The molecule has 3 rings (SSSR count). The molecule has 100 valence electrons. The highest BCUT2D eigenvalue weighted by atomic mass is 16.3. The van der Waals surface area contributed by atoms with Crippen LogP contribution < -0.4 is 0 Å². The van der Waals surface area contributed by atoms with Crippen molar-refractivity contribution in [3.05, 3.63) is 35.6 Å². The number of amides is 1. The van der Waals surface area contributed by atoms with Crippen molar-refractivity contribution in [1.29, 1.82) is 0 Å². The van der Waals surface area contributed by atoms with Crippen LogP contribution in [0.15, 0.2) is 28.7 Å². The van der Waals surface area contributed by atoms with Crippen molar-refractivity contribution >= 4 is 16.9 Å². The molecule has 1 amide bonds. The molecule has 0 radical (unpaired) electrons. The average molecular weight is 257 g/mol. The number of nitrogens with zero attached hydrogens (tertiary/aromatic N) is 1. The van der Waals surface area contributed by atoms with Gasteiger partial charge in [-0.05, 0) is 50.8 Å². The first-order valence-electron chi connectivity index (χ1n) is 6.96. The summed E-state index contributed by atoms with van der Waals surface area (Å²) in [7, 11) is 0. The minimum atomic E-state index is 0.0288. The van der Waals surface area contributed by atoms with Crippen molar-refractivity contribution in [3.8, 4) is 0 Å². The van der Waals surface area contributed by atoms with Gasteiger partial charge in [0.15, 0.2) is 5.76 Å². The number of likely N-dealkylation sites (tertiary alicyclic amines) is 1. The molecule has 2 aromatic rings. The van der Waals surface area contributed by atoms with Crippen molar-refractivity contribution in [1.82, 2.24) is 4.90 Å². The van der Waals surface area contributed by atoms with Gasteiger partial charge in [-0.3, -0.25) is 4.79 Å². The fourth-order valence-electron chi connectivity index (χ4n) is 2.79. The zero-order chi connectivity index (χ0) is 13.4. The van der Waals surface area contributed by atoms with Crippen LogP contribution in [-0.2, 0) is 0 Å². The van der Waals surface area contributed by atoms with Gasteiger partial charge in [-0.25, -0.2) is 0 Å². The molecule has 1 aliphatic heterocycles. The maximum Gasteiger partial charge on any atom is 0.289 e. The molecule has 1 unspecified atom stereocenters. The largest absolute Gasteiger partial charge is 0.451 e.